The molecule has 0 saturated carbocycles. The van der Waals surface area contributed by atoms with E-state index in [1.165, 1.54) is 0 Å². The van der Waals surface area contributed by atoms with E-state index in [2.05, 4.69) is 21.4 Å². The summed E-state index contributed by atoms with van der Waals surface area (Å²) < 4.78 is 2.29. The van der Waals surface area contributed by atoms with E-state index in [0.717, 1.165) is 0 Å². The van der Waals surface area contributed by atoms with Gasteiger partial charge in [-0.25, -0.2) is 0 Å². The van der Waals surface area contributed by atoms with E-state index >= 15 is 0 Å². The first kappa shape index (κ1) is 11.2. The molecule has 0 bridgehead atoms. The third-order valence-corrected chi connectivity index (χ3v) is 3.23. The van der Waals surface area contributed by atoms with Gasteiger partial charge in [0.15, 0.2) is 0 Å². The SMILES string of the molecule is O=C(Nn1cccc1)c1ccc(Cl)c(Br)c1. The highest BCUT2D eigenvalue weighted by atomic mass is 79.9. The number of rotatable bonds is 2. The average Bonchev–Trinajstić information content (AvgIpc) is 2.74. The van der Waals surface area contributed by atoms with Crippen LogP contribution in [0.25, 0.3) is 0 Å². The van der Waals surface area contributed by atoms with Crippen LogP contribution in [0.5, 0.6) is 0 Å². The Morgan fingerprint density at radius 3 is 2.62 bits per heavy atom. The van der Waals surface area contributed by atoms with Crippen LogP contribution in [0.4, 0.5) is 0 Å². The van der Waals surface area contributed by atoms with Crippen molar-refractivity contribution in [2.75, 3.05) is 5.43 Å². The summed E-state index contributed by atoms with van der Waals surface area (Å²) in [4.78, 5) is 11.8. The predicted octanol–water partition coefficient (Wildman–Crippen LogP) is 3.29. The lowest BCUT2D eigenvalue weighted by Crippen LogP contribution is -2.21. The molecule has 0 aliphatic carbocycles. The van der Waals surface area contributed by atoms with Crippen molar-refractivity contribution in [3.05, 3.63) is 57.8 Å². The first-order valence-electron chi connectivity index (χ1n) is 4.56. The van der Waals surface area contributed by atoms with Crippen molar-refractivity contribution < 1.29 is 4.79 Å². The molecule has 0 spiro atoms. The lowest BCUT2D eigenvalue weighted by atomic mass is 10.2. The number of hydrogen-bond acceptors (Lipinski definition) is 1. The van der Waals surface area contributed by atoms with Crippen LogP contribution >= 0.6 is 27.5 Å². The van der Waals surface area contributed by atoms with Gasteiger partial charge in [0, 0.05) is 22.4 Å². The fraction of sp³-hybridized carbons (Fsp3) is 0. The maximum absolute atomic E-state index is 11.8. The Hall–Kier alpha value is -1.26. The van der Waals surface area contributed by atoms with Gasteiger partial charge in [-0.3, -0.25) is 14.9 Å². The quantitative estimate of drug-likeness (QED) is 0.907. The Morgan fingerprint density at radius 1 is 1.31 bits per heavy atom. The molecule has 0 radical (unpaired) electrons. The van der Waals surface area contributed by atoms with Crippen molar-refractivity contribution in [3.8, 4) is 0 Å². The molecule has 5 heteroatoms. The van der Waals surface area contributed by atoms with Gasteiger partial charge in [-0.05, 0) is 46.3 Å². The number of carbonyl (C=O) groups excluding carboxylic acids is 1. The third kappa shape index (κ3) is 2.46. The van der Waals surface area contributed by atoms with Gasteiger partial charge in [-0.2, -0.15) is 0 Å². The summed E-state index contributed by atoms with van der Waals surface area (Å²) >= 11 is 9.12. The molecule has 2 aromatic rings. The Balaban J connectivity index is 2.18. The van der Waals surface area contributed by atoms with Gasteiger partial charge in [-0.1, -0.05) is 11.6 Å². The van der Waals surface area contributed by atoms with Crippen LogP contribution in [-0.4, -0.2) is 10.6 Å². The van der Waals surface area contributed by atoms with Crippen molar-refractivity contribution in [3.63, 3.8) is 0 Å². The van der Waals surface area contributed by atoms with E-state index < -0.39 is 0 Å². The van der Waals surface area contributed by atoms with Crippen LogP contribution < -0.4 is 5.43 Å². The number of halogens is 2. The molecule has 3 nitrogen and oxygen atoms in total. The molecule has 0 aliphatic heterocycles. The zero-order valence-electron chi connectivity index (χ0n) is 8.15. The first-order valence-corrected chi connectivity index (χ1v) is 5.73. The standard InChI is InChI=1S/C11H8BrClN2O/c12-9-7-8(3-4-10(9)13)11(16)14-15-5-1-2-6-15/h1-7H,(H,14,16). The zero-order valence-corrected chi connectivity index (χ0v) is 10.5. The fourth-order valence-electron chi connectivity index (χ4n) is 1.23. The number of benzene rings is 1. The summed E-state index contributed by atoms with van der Waals surface area (Å²) in [6.07, 6.45) is 3.51. The van der Waals surface area contributed by atoms with Gasteiger partial charge in [-0.15, -0.1) is 0 Å². The number of nitrogens with zero attached hydrogens (tertiary/aromatic N) is 1. The lowest BCUT2D eigenvalue weighted by Gasteiger charge is -2.06. The van der Waals surface area contributed by atoms with Crippen LogP contribution in [0.2, 0.25) is 5.02 Å². The van der Waals surface area contributed by atoms with Crippen molar-refractivity contribution in [1.29, 1.82) is 0 Å². The Morgan fingerprint density at radius 2 is 2.00 bits per heavy atom. The summed E-state index contributed by atoms with van der Waals surface area (Å²) in [5.74, 6) is -0.187. The molecule has 16 heavy (non-hydrogen) atoms. The molecule has 1 aromatic carbocycles. The highest BCUT2D eigenvalue weighted by molar-refractivity contribution is 9.10. The summed E-state index contributed by atoms with van der Waals surface area (Å²) in [5, 5.41) is 0.581. The molecule has 1 heterocycles. The first-order chi connectivity index (χ1) is 7.66. The van der Waals surface area contributed by atoms with Crippen LogP contribution in [0.1, 0.15) is 10.4 Å². The molecule has 1 N–H and O–H groups in total. The highest BCUT2D eigenvalue weighted by Gasteiger charge is 2.07. The van der Waals surface area contributed by atoms with Gasteiger partial charge in [0.25, 0.3) is 5.91 Å². The van der Waals surface area contributed by atoms with E-state index in [9.17, 15) is 4.79 Å². The van der Waals surface area contributed by atoms with E-state index in [0.29, 0.717) is 15.1 Å². The molecule has 2 rings (SSSR count). The Kier molecular flexibility index (Phi) is 3.31. The summed E-state index contributed by atoms with van der Waals surface area (Å²) in [7, 11) is 0. The molecule has 0 unspecified atom stereocenters. The van der Waals surface area contributed by atoms with Gasteiger partial charge in [0.2, 0.25) is 0 Å². The second-order valence-electron chi connectivity index (χ2n) is 3.16. The molecule has 0 saturated heterocycles. The second kappa shape index (κ2) is 4.72. The average molecular weight is 300 g/mol. The van der Waals surface area contributed by atoms with Gasteiger partial charge in [0.1, 0.15) is 0 Å². The van der Waals surface area contributed by atoms with Gasteiger partial charge >= 0.3 is 0 Å². The van der Waals surface area contributed by atoms with Crippen LogP contribution in [0.3, 0.4) is 0 Å². The number of amides is 1. The number of aromatic nitrogens is 1. The van der Waals surface area contributed by atoms with E-state index in [4.69, 9.17) is 11.6 Å². The van der Waals surface area contributed by atoms with Crippen molar-refractivity contribution >= 4 is 33.4 Å². The monoisotopic (exact) mass is 298 g/mol. The molecular weight excluding hydrogens is 291 g/mol. The second-order valence-corrected chi connectivity index (χ2v) is 4.42. The normalized spacial score (nSPS) is 10.1. The highest BCUT2D eigenvalue weighted by Crippen LogP contribution is 2.23. The molecule has 0 aliphatic rings. The minimum absolute atomic E-state index is 0.187. The van der Waals surface area contributed by atoms with Crippen molar-refractivity contribution in [1.82, 2.24) is 4.68 Å². The largest absolute Gasteiger partial charge is 0.270 e. The minimum Gasteiger partial charge on any atom is -0.268 e. The van der Waals surface area contributed by atoms with E-state index in [1.54, 1.807) is 35.3 Å². The predicted molar refractivity (Wildman–Crippen MR) is 67.3 cm³/mol. The number of nitrogens with one attached hydrogen (secondary N) is 1. The fourth-order valence-corrected chi connectivity index (χ4v) is 1.72. The third-order valence-electron chi connectivity index (χ3n) is 2.02. The Labute approximate surface area is 106 Å². The minimum atomic E-state index is -0.187. The smallest absolute Gasteiger partial charge is 0.268 e. The van der Waals surface area contributed by atoms with Crippen molar-refractivity contribution in [2.24, 2.45) is 0 Å². The maximum Gasteiger partial charge on any atom is 0.270 e. The number of carbonyl (C=O) groups is 1. The topological polar surface area (TPSA) is 34.0 Å². The zero-order chi connectivity index (χ0) is 11.5. The van der Waals surface area contributed by atoms with Crippen LogP contribution in [0, 0.1) is 0 Å². The van der Waals surface area contributed by atoms with E-state index in [-0.39, 0.29) is 5.91 Å². The molecule has 82 valence electrons. The lowest BCUT2D eigenvalue weighted by molar-refractivity contribution is 0.101. The molecule has 0 atom stereocenters. The summed E-state index contributed by atoms with van der Waals surface area (Å²) in [5.41, 5.74) is 3.24. The van der Waals surface area contributed by atoms with Crippen LogP contribution in [-0.2, 0) is 0 Å². The molecule has 1 aromatic heterocycles. The van der Waals surface area contributed by atoms with Crippen LogP contribution in [0.15, 0.2) is 47.2 Å². The van der Waals surface area contributed by atoms with E-state index in [1.807, 2.05) is 12.1 Å². The van der Waals surface area contributed by atoms with Gasteiger partial charge < -0.3 is 0 Å². The summed E-state index contributed by atoms with van der Waals surface area (Å²) in [6, 6.07) is 8.69. The Bertz CT molecular complexity index is 511. The number of hydrogen-bond donors (Lipinski definition) is 1. The molecule has 0 fully saturated rings. The molecular formula is C11H8BrClN2O. The maximum atomic E-state index is 11.8. The summed E-state index contributed by atoms with van der Waals surface area (Å²) in [6.45, 7) is 0. The van der Waals surface area contributed by atoms with Gasteiger partial charge in [0.05, 0.1) is 5.02 Å². The molecule has 1 amide bonds. The van der Waals surface area contributed by atoms with Crippen molar-refractivity contribution in [2.45, 2.75) is 0 Å².